The SMILES string of the molecule is Cc1ccc(OC(NC(=O)c2ccccc2O)C(Cl)(Cl)Cl)cc1. The number of amides is 1. The molecule has 0 spiro atoms. The van der Waals surface area contributed by atoms with Gasteiger partial charge in [-0.15, -0.1) is 0 Å². The van der Waals surface area contributed by atoms with Crippen molar-refractivity contribution in [2.75, 3.05) is 0 Å². The summed E-state index contributed by atoms with van der Waals surface area (Å²) in [7, 11) is 0. The molecule has 2 aromatic carbocycles. The summed E-state index contributed by atoms with van der Waals surface area (Å²) in [6.07, 6.45) is -1.23. The average molecular weight is 375 g/mol. The number of alkyl halides is 3. The Bertz CT molecular complexity index is 684. The van der Waals surface area contributed by atoms with Crippen LogP contribution >= 0.6 is 34.8 Å². The highest BCUT2D eigenvalue weighted by atomic mass is 35.6. The molecule has 2 aromatic rings. The Morgan fingerprint density at radius 1 is 1.13 bits per heavy atom. The summed E-state index contributed by atoms with van der Waals surface area (Å²) in [6, 6.07) is 13.1. The predicted octanol–water partition coefficient (Wildman–Crippen LogP) is 4.21. The number of carbonyl (C=O) groups excluding carboxylic acids is 1. The molecule has 0 heterocycles. The van der Waals surface area contributed by atoms with Crippen molar-refractivity contribution < 1.29 is 14.6 Å². The van der Waals surface area contributed by atoms with Crippen molar-refractivity contribution in [2.24, 2.45) is 0 Å². The molecule has 0 aromatic heterocycles. The minimum atomic E-state index is -1.90. The van der Waals surface area contributed by atoms with Gasteiger partial charge in [0, 0.05) is 0 Å². The number of halogens is 3. The van der Waals surface area contributed by atoms with Gasteiger partial charge in [0.15, 0.2) is 0 Å². The molecule has 0 fully saturated rings. The second-order valence-electron chi connectivity index (χ2n) is 4.84. The molecule has 4 nitrogen and oxygen atoms in total. The van der Waals surface area contributed by atoms with Crippen molar-refractivity contribution in [3.05, 3.63) is 59.7 Å². The van der Waals surface area contributed by atoms with Crippen LogP contribution in [-0.4, -0.2) is 21.0 Å². The molecule has 0 aliphatic carbocycles. The number of aromatic hydroxyl groups is 1. The van der Waals surface area contributed by atoms with Gasteiger partial charge in [-0.05, 0) is 31.2 Å². The molecular weight excluding hydrogens is 361 g/mol. The second kappa shape index (κ2) is 7.30. The molecule has 0 aliphatic rings. The number of rotatable bonds is 4. The van der Waals surface area contributed by atoms with Crippen LogP contribution in [0, 0.1) is 6.92 Å². The Hall–Kier alpha value is -1.62. The van der Waals surface area contributed by atoms with E-state index in [2.05, 4.69) is 5.32 Å². The van der Waals surface area contributed by atoms with Crippen molar-refractivity contribution in [3.8, 4) is 11.5 Å². The van der Waals surface area contributed by atoms with E-state index in [1.54, 1.807) is 24.3 Å². The van der Waals surface area contributed by atoms with Gasteiger partial charge >= 0.3 is 0 Å². The molecule has 0 saturated carbocycles. The number of nitrogens with one attached hydrogen (secondary N) is 1. The van der Waals surface area contributed by atoms with Crippen molar-refractivity contribution >= 4 is 40.7 Å². The minimum Gasteiger partial charge on any atom is -0.507 e. The highest BCUT2D eigenvalue weighted by Gasteiger charge is 2.36. The summed E-state index contributed by atoms with van der Waals surface area (Å²) in [5, 5.41) is 12.2. The Kier molecular flexibility index (Phi) is 5.63. The van der Waals surface area contributed by atoms with Gasteiger partial charge in [0.1, 0.15) is 11.5 Å². The van der Waals surface area contributed by atoms with Gasteiger partial charge in [0.05, 0.1) is 5.56 Å². The topological polar surface area (TPSA) is 58.6 Å². The van der Waals surface area contributed by atoms with Crippen LogP contribution in [0.5, 0.6) is 11.5 Å². The lowest BCUT2D eigenvalue weighted by Gasteiger charge is -2.26. The molecule has 1 amide bonds. The highest BCUT2D eigenvalue weighted by molar-refractivity contribution is 6.68. The van der Waals surface area contributed by atoms with Crippen molar-refractivity contribution in [3.63, 3.8) is 0 Å². The predicted molar refractivity (Wildman–Crippen MR) is 91.5 cm³/mol. The number of ether oxygens (including phenoxy) is 1. The fourth-order valence-electron chi connectivity index (χ4n) is 1.79. The van der Waals surface area contributed by atoms with Gasteiger partial charge in [-0.3, -0.25) is 4.79 Å². The lowest BCUT2D eigenvalue weighted by molar-refractivity contribution is 0.0830. The van der Waals surface area contributed by atoms with Crippen LogP contribution in [0.2, 0.25) is 0 Å². The van der Waals surface area contributed by atoms with Crippen molar-refractivity contribution in [2.45, 2.75) is 16.9 Å². The maximum absolute atomic E-state index is 12.2. The van der Waals surface area contributed by atoms with Crippen LogP contribution in [-0.2, 0) is 0 Å². The molecule has 7 heteroatoms. The third-order valence-corrected chi connectivity index (χ3v) is 3.58. The monoisotopic (exact) mass is 373 g/mol. The third-order valence-electron chi connectivity index (χ3n) is 2.98. The van der Waals surface area contributed by atoms with E-state index in [0.717, 1.165) is 5.56 Å². The number of benzene rings is 2. The van der Waals surface area contributed by atoms with Gasteiger partial charge < -0.3 is 15.2 Å². The Morgan fingerprint density at radius 2 is 1.74 bits per heavy atom. The van der Waals surface area contributed by atoms with Crippen LogP contribution in [0.3, 0.4) is 0 Å². The van der Waals surface area contributed by atoms with Gasteiger partial charge in [-0.25, -0.2) is 0 Å². The van der Waals surface area contributed by atoms with Gasteiger partial charge in [0.2, 0.25) is 10.0 Å². The fourth-order valence-corrected chi connectivity index (χ4v) is 2.09. The van der Waals surface area contributed by atoms with E-state index >= 15 is 0 Å². The highest BCUT2D eigenvalue weighted by Crippen LogP contribution is 2.32. The number of hydrogen-bond donors (Lipinski definition) is 2. The third kappa shape index (κ3) is 4.93. The lowest BCUT2D eigenvalue weighted by atomic mass is 10.2. The van der Waals surface area contributed by atoms with Gasteiger partial charge in [0.25, 0.3) is 5.91 Å². The van der Waals surface area contributed by atoms with Crippen LogP contribution < -0.4 is 10.1 Å². The summed E-state index contributed by atoms with van der Waals surface area (Å²) < 4.78 is 3.66. The molecule has 0 radical (unpaired) electrons. The van der Waals surface area contributed by atoms with E-state index in [4.69, 9.17) is 39.5 Å². The number of carbonyl (C=O) groups is 1. The van der Waals surface area contributed by atoms with Crippen LogP contribution in [0.25, 0.3) is 0 Å². The fraction of sp³-hybridized carbons (Fsp3) is 0.188. The van der Waals surface area contributed by atoms with Gasteiger partial charge in [-0.2, -0.15) is 0 Å². The standard InChI is InChI=1S/C16H14Cl3NO3/c1-10-6-8-11(9-7-10)23-15(16(17,18)19)20-14(22)12-4-2-3-5-13(12)21/h2-9,15,21H,1H3,(H,20,22). The molecule has 0 aliphatic heterocycles. The number of para-hydroxylation sites is 1. The number of phenolic OH excluding ortho intramolecular Hbond substituents is 1. The molecule has 2 N–H and O–H groups in total. The van der Waals surface area contributed by atoms with E-state index in [0.29, 0.717) is 5.75 Å². The van der Waals surface area contributed by atoms with E-state index in [1.807, 2.05) is 19.1 Å². The molecule has 1 unspecified atom stereocenters. The number of hydrogen-bond acceptors (Lipinski definition) is 3. The Balaban J connectivity index is 2.18. The first-order chi connectivity index (χ1) is 10.8. The summed E-state index contributed by atoms with van der Waals surface area (Å²) in [5.74, 6) is -0.362. The van der Waals surface area contributed by atoms with Crippen molar-refractivity contribution in [1.29, 1.82) is 0 Å². The Labute approximate surface area is 148 Å². The quantitative estimate of drug-likeness (QED) is 0.623. The van der Waals surface area contributed by atoms with E-state index in [9.17, 15) is 9.90 Å². The van der Waals surface area contributed by atoms with Crippen LogP contribution in [0.15, 0.2) is 48.5 Å². The maximum Gasteiger partial charge on any atom is 0.257 e. The molecule has 122 valence electrons. The molecular formula is C16H14Cl3NO3. The first-order valence-electron chi connectivity index (χ1n) is 6.66. The minimum absolute atomic E-state index is 0.0549. The summed E-state index contributed by atoms with van der Waals surface area (Å²) in [6.45, 7) is 1.93. The lowest BCUT2D eigenvalue weighted by Crippen LogP contribution is -2.47. The summed E-state index contributed by atoms with van der Waals surface area (Å²) in [4.78, 5) is 12.2. The van der Waals surface area contributed by atoms with E-state index < -0.39 is 15.9 Å². The smallest absolute Gasteiger partial charge is 0.257 e. The zero-order valence-corrected chi connectivity index (χ0v) is 14.4. The average Bonchev–Trinajstić information content (AvgIpc) is 2.48. The van der Waals surface area contributed by atoms with Crippen LogP contribution in [0.4, 0.5) is 0 Å². The van der Waals surface area contributed by atoms with Crippen LogP contribution in [0.1, 0.15) is 15.9 Å². The molecule has 1 atom stereocenters. The first kappa shape index (κ1) is 17.7. The summed E-state index contributed by atoms with van der Waals surface area (Å²) in [5.41, 5.74) is 1.10. The molecule has 0 saturated heterocycles. The maximum atomic E-state index is 12.2. The zero-order valence-electron chi connectivity index (χ0n) is 12.1. The summed E-state index contributed by atoms with van der Waals surface area (Å²) >= 11 is 17.6. The second-order valence-corrected chi connectivity index (χ2v) is 7.21. The first-order valence-corrected chi connectivity index (χ1v) is 7.79. The molecule has 2 rings (SSSR count). The largest absolute Gasteiger partial charge is 0.507 e. The van der Waals surface area contributed by atoms with E-state index in [-0.39, 0.29) is 11.3 Å². The van der Waals surface area contributed by atoms with Crippen molar-refractivity contribution in [1.82, 2.24) is 5.32 Å². The Morgan fingerprint density at radius 3 is 2.30 bits per heavy atom. The number of phenols is 1. The van der Waals surface area contributed by atoms with E-state index in [1.165, 1.54) is 12.1 Å². The zero-order chi connectivity index (χ0) is 17.0. The normalized spacial score (nSPS) is 12.5. The molecule has 0 bridgehead atoms. The molecule has 23 heavy (non-hydrogen) atoms. The van der Waals surface area contributed by atoms with Gasteiger partial charge in [-0.1, -0.05) is 64.6 Å². The number of aryl methyl sites for hydroxylation is 1.